The van der Waals surface area contributed by atoms with Crippen molar-refractivity contribution in [2.24, 2.45) is 16.1 Å². The zero-order valence-corrected chi connectivity index (χ0v) is 15.2. The Hall–Kier alpha value is -2.00. The molecule has 8 nitrogen and oxygen atoms in total. The molecule has 10 heteroatoms. The minimum Gasteiger partial charge on any atom is -0.396 e. The summed E-state index contributed by atoms with van der Waals surface area (Å²) in [5.74, 6) is 0.150. The molecule has 1 aliphatic carbocycles. The van der Waals surface area contributed by atoms with E-state index in [1.807, 2.05) is 0 Å². The van der Waals surface area contributed by atoms with Crippen molar-refractivity contribution < 1.29 is 10.2 Å². The number of anilines is 2. The van der Waals surface area contributed by atoms with Crippen molar-refractivity contribution in [1.82, 2.24) is 9.97 Å². The number of halogens is 2. The average Bonchev–Trinajstić information content (AvgIpc) is 2.95. The summed E-state index contributed by atoms with van der Waals surface area (Å²) in [6.07, 6.45) is 0.485. The number of nitrogens with two attached hydrogens (primary N) is 1. The minimum atomic E-state index is -0.578. The lowest BCUT2D eigenvalue weighted by molar-refractivity contribution is 0.0908. The van der Waals surface area contributed by atoms with E-state index in [9.17, 15) is 10.2 Å². The molecule has 5 N–H and O–H groups in total. The normalized spacial score (nSPS) is 22.8. The van der Waals surface area contributed by atoms with Gasteiger partial charge >= 0.3 is 0 Å². The van der Waals surface area contributed by atoms with E-state index in [1.54, 1.807) is 24.3 Å². The Morgan fingerprint density at radius 1 is 1.15 bits per heavy atom. The van der Waals surface area contributed by atoms with Crippen LogP contribution in [0.5, 0.6) is 0 Å². The number of nitrogen functional groups attached to an aromatic ring is 1. The molecule has 0 bridgehead atoms. The van der Waals surface area contributed by atoms with Crippen LogP contribution in [0, 0.1) is 5.92 Å². The van der Waals surface area contributed by atoms with Gasteiger partial charge in [0.1, 0.15) is 0 Å². The Labute approximate surface area is 160 Å². The van der Waals surface area contributed by atoms with Crippen molar-refractivity contribution in [3.05, 3.63) is 34.4 Å². The first-order chi connectivity index (χ1) is 12.5. The van der Waals surface area contributed by atoms with Gasteiger partial charge in [0.15, 0.2) is 16.7 Å². The first-order valence-corrected chi connectivity index (χ1v) is 8.77. The number of aromatic nitrogens is 2. The van der Waals surface area contributed by atoms with Gasteiger partial charge in [-0.2, -0.15) is 15.1 Å². The van der Waals surface area contributed by atoms with Crippen LogP contribution in [0.4, 0.5) is 23.1 Å². The van der Waals surface area contributed by atoms with E-state index in [0.29, 0.717) is 29.4 Å². The molecule has 0 aliphatic heterocycles. The van der Waals surface area contributed by atoms with Gasteiger partial charge in [-0.15, -0.1) is 5.11 Å². The van der Waals surface area contributed by atoms with Crippen LogP contribution in [0.25, 0.3) is 0 Å². The molecule has 0 amide bonds. The minimum absolute atomic E-state index is 0.000182. The predicted octanol–water partition coefficient (Wildman–Crippen LogP) is 3.32. The van der Waals surface area contributed by atoms with Gasteiger partial charge in [0, 0.05) is 23.6 Å². The fourth-order valence-corrected chi connectivity index (χ4v) is 3.20. The first-order valence-electron chi connectivity index (χ1n) is 8.02. The van der Waals surface area contributed by atoms with E-state index < -0.39 is 6.10 Å². The topological polar surface area (TPSA) is 129 Å². The van der Waals surface area contributed by atoms with E-state index in [4.69, 9.17) is 28.9 Å². The van der Waals surface area contributed by atoms with E-state index in [-0.39, 0.29) is 35.4 Å². The largest absolute Gasteiger partial charge is 0.396 e. The zero-order valence-electron chi connectivity index (χ0n) is 13.7. The Bertz CT molecular complexity index is 802. The summed E-state index contributed by atoms with van der Waals surface area (Å²) in [7, 11) is 0. The van der Waals surface area contributed by atoms with Crippen LogP contribution >= 0.6 is 23.2 Å². The van der Waals surface area contributed by atoms with Crippen molar-refractivity contribution >= 4 is 46.3 Å². The molecule has 3 rings (SSSR count). The van der Waals surface area contributed by atoms with Crippen LogP contribution in [0.1, 0.15) is 12.8 Å². The van der Waals surface area contributed by atoms with Crippen LogP contribution < -0.4 is 11.1 Å². The molecule has 1 saturated carbocycles. The number of aliphatic hydroxyl groups excluding tert-OH is 2. The maximum absolute atomic E-state index is 9.95. The van der Waals surface area contributed by atoms with Crippen molar-refractivity contribution in [3.8, 4) is 0 Å². The van der Waals surface area contributed by atoms with E-state index in [1.165, 1.54) is 0 Å². The number of azo groups is 1. The summed E-state index contributed by atoms with van der Waals surface area (Å²) < 4.78 is 0. The maximum Gasteiger partial charge on any atom is 0.223 e. The molecule has 0 radical (unpaired) electrons. The van der Waals surface area contributed by atoms with Crippen LogP contribution in [-0.4, -0.2) is 38.9 Å². The molecule has 1 heterocycles. The molecule has 1 aromatic carbocycles. The van der Waals surface area contributed by atoms with Gasteiger partial charge in [0.25, 0.3) is 0 Å². The van der Waals surface area contributed by atoms with Crippen molar-refractivity contribution in [2.45, 2.75) is 25.0 Å². The molecule has 1 aromatic heterocycles. The third-order valence-electron chi connectivity index (χ3n) is 4.18. The van der Waals surface area contributed by atoms with Gasteiger partial charge in [-0.25, -0.2) is 0 Å². The molecule has 1 aliphatic rings. The van der Waals surface area contributed by atoms with Crippen LogP contribution in [0.3, 0.4) is 0 Å². The summed E-state index contributed by atoms with van der Waals surface area (Å²) in [6, 6.07) is 6.72. The first kappa shape index (κ1) is 18.8. The third-order valence-corrected chi connectivity index (χ3v) is 4.70. The van der Waals surface area contributed by atoms with Crippen molar-refractivity contribution in [1.29, 1.82) is 0 Å². The highest BCUT2D eigenvalue weighted by atomic mass is 35.5. The third kappa shape index (κ3) is 4.39. The predicted molar refractivity (Wildman–Crippen MR) is 100 cm³/mol. The van der Waals surface area contributed by atoms with Gasteiger partial charge in [-0.3, -0.25) is 0 Å². The second-order valence-corrected chi connectivity index (χ2v) is 6.86. The summed E-state index contributed by atoms with van der Waals surface area (Å²) in [5.41, 5.74) is 6.52. The number of nitrogens with zero attached hydrogens (tertiary/aromatic N) is 4. The highest BCUT2D eigenvalue weighted by molar-refractivity contribution is 6.32. The lowest BCUT2D eigenvalue weighted by Gasteiger charge is -2.15. The van der Waals surface area contributed by atoms with Gasteiger partial charge in [0.2, 0.25) is 5.95 Å². The standard InChI is InChI=1S/C16H18Cl2N6O2/c17-9-1-3-10(4-2-9)23-24-13-14(18)21-16(19)22-15(13)20-11-5-8(7-25)12(26)6-11/h1-4,8,11-12,25-26H,5-7H2,(H3,19,20,21,22)/t8-,11-,12+/m1/s1. The molecule has 3 atom stereocenters. The summed E-state index contributed by atoms with van der Waals surface area (Å²) >= 11 is 12.0. The number of hydrogen-bond donors (Lipinski definition) is 4. The van der Waals surface area contributed by atoms with Crippen LogP contribution in [0.2, 0.25) is 10.2 Å². The SMILES string of the molecule is Nc1nc(Cl)c(N=Nc2ccc(Cl)cc2)c(N[C@@H]2C[C@H](CO)[C@@H](O)C2)n1. The van der Waals surface area contributed by atoms with E-state index in [0.717, 1.165) is 0 Å². The molecule has 0 unspecified atom stereocenters. The lowest BCUT2D eigenvalue weighted by Crippen LogP contribution is -2.18. The maximum atomic E-state index is 9.95. The fourth-order valence-electron chi connectivity index (χ4n) is 2.86. The summed E-state index contributed by atoms with van der Waals surface area (Å²) in [4.78, 5) is 8.06. The summed E-state index contributed by atoms with van der Waals surface area (Å²) in [6.45, 7) is -0.0743. The number of rotatable bonds is 5. The quantitative estimate of drug-likeness (QED) is 0.453. The number of nitrogens with one attached hydrogen (secondary N) is 1. The monoisotopic (exact) mass is 396 g/mol. The van der Waals surface area contributed by atoms with Gasteiger partial charge in [-0.05, 0) is 37.1 Å². The smallest absolute Gasteiger partial charge is 0.223 e. The Kier molecular flexibility index (Phi) is 5.87. The fraction of sp³-hybridized carbons (Fsp3) is 0.375. The van der Waals surface area contributed by atoms with E-state index >= 15 is 0 Å². The highest BCUT2D eigenvalue weighted by Crippen LogP contribution is 2.35. The van der Waals surface area contributed by atoms with Crippen LogP contribution in [-0.2, 0) is 0 Å². The molecule has 138 valence electrons. The Balaban J connectivity index is 1.84. The average molecular weight is 397 g/mol. The van der Waals surface area contributed by atoms with Crippen molar-refractivity contribution in [2.75, 3.05) is 17.7 Å². The lowest BCUT2D eigenvalue weighted by atomic mass is 10.1. The molecule has 26 heavy (non-hydrogen) atoms. The molecular weight excluding hydrogens is 379 g/mol. The molecule has 2 aromatic rings. The highest BCUT2D eigenvalue weighted by Gasteiger charge is 2.33. The Morgan fingerprint density at radius 2 is 1.88 bits per heavy atom. The molecule has 0 saturated heterocycles. The van der Waals surface area contributed by atoms with Gasteiger partial charge in [0.05, 0.1) is 11.8 Å². The van der Waals surface area contributed by atoms with Gasteiger partial charge in [-0.1, -0.05) is 23.2 Å². The second-order valence-electron chi connectivity index (χ2n) is 6.07. The Morgan fingerprint density at radius 3 is 2.54 bits per heavy atom. The second kappa shape index (κ2) is 8.13. The number of aliphatic hydroxyl groups is 2. The van der Waals surface area contributed by atoms with E-state index in [2.05, 4.69) is 25.5 Å². The zero-order chi connectivity index (χ0) is 18.7. The molecule has 1 fully saturated rings. The number of benzene rings is 1. The number of hydrogen-bond acceptors (Lipinski definition) is 8. The molecule has 0 spiro atoms. The molecular formula is C16H18Cl2N6O2. The van der Waals surface area contributed by atoms with Crippen molar-refractivity contribution in [3.63, 3.8) is 0 Å². The summed E-state index contributed by atoms with van der Waals surface area (Å²) in [5, 5.41) is 31.3. The van der Waals surface area contributed by atoms with Crippen LogP contribution in [0.15, 0.2) is 34.5 Å². The van der Waals surface area contributed by atoms with Gasteiger partial charge < -0.3 is 21.3 Å².